The number of benzene rings is 1. The number of carbonyl (C=O) groups is 1. The first kappa shape index (κ1) is 17.1. The number of aryl methyl sites for hydroxylation is 2. The van der Waals surface area contributed by atoms with Crippen LogP contribution in [0.1, 0.15) is 31.4 Å². The first-order valence-corrected chi connectivity index (χ1v) is 8.17. The van der Waals surface area contributed by atoms with Gasteiger partial charge in [0.15, 0.2) is 0 Å². The van der Waals surface area contributed by atoms with E-state index >= 15 is 0 Å². The highest BCUT2D eigenvalue weighted by Crippen LogP contribution is 2.12. The summed E-state index contributed by atoms with van der Waals surface area (Å²) in [6, 6.07) is 8.16. The quantitative estimate of drug-likeness (QED) is 0.515. The van der Waals surface area contributed by atoms with Crippen molar-refractivity contribution >= 4 is 18.0 Å². The Morgan fingerprint density at radius 3 is 2.60 bits per heavy atom. The van der Waals surface area contributed by atoms with Crippen LogP contribution in [0.3, 0.4) is 0 Å². The minimum atomic E-state index is -0.127. The van der Waals surface area contributed by atoms with E-state index in [1.54, 1.807) is 0 Å². The van der Waals surface area contributed by atoms with Gasteiger partial charge in [-0.15, -0.1) is 0 Å². The molecular weight excluding hydrogens is 270 g/mol. The molecule has 1 aromatic rings. The third kappa shape index (κ3) is 6.44. The maximum atomic E-state index is 11.7. The van der Waals surface area contributed by atoms with Crippen LogP contribution in [0.5, 0.6) is 0 Å². The van der Waals surface area contributed by atoms with E-state index in [4.69, 9.17) is 4.18 Å². The highest BCUT2D eigenvalue weighted by atomic mass is 32.2. The molecule has 0 spiro atoms. The third-order valence-electron chi connectivity index (χ3n) is 3.40. The van der Waals surface area contributed by atoms with Crippen LogP contribution >= 0.6 is 12.0 Å². The highest BCUT2D eigenvalue weighted by molar-refractivity contribution is 7.95. The van der Waals surface area contributed by atoms with Gasteiger partial charge in [0.25, 0.3) is 0 Å². The van der Waals surface area contributed by atoms with E-state index in [2.05, 4.69) is 37.8 Å². The Kier molecular flexibility index (Phi) is 8.38. The Hall–Kier alpha value is -1.00. The molecule has 0 saturated carbocycles. The molecule has 0 saturated heterocycles. The van der Waals surface area contributed by atoms with Crippen molar-refractivity contribution in [3.8, 4) is 0 Å². The number of hydrogen-bond acceptors (Lipinski definition) is 4. The molecule has 0 aliphatic heterocycles. The normalized spacial score (nSPS) is 10.8. The van der Waals surface area contributed by atoms with Crippen LogP contribution in [0.4, 0.5) is 0 Å². The highest BCUT2D eigenvalue weighted by Gasteiger charge is 2.06. The van der Waals surface area contributed by atoms with Crippen LogP contribution in [-0.2, 0) is 15.4 Å². The predicted molar refractivity (Wildman–Crippen MR) is 85.8 cm³/mol. The maximum Gasteiger partial charge on any atom is 0.318 e. The largest absolute Gasteiger partial charge is 0.391 e. The molecule has 0 atom stereocenters. The summed E-state index contributed by atoms with van der Waals surface area (Å²) in [5.74, 6) is 0.704. The third-order valence-corrected chi connectivity index (χ3v) is 4.05. The molecular formula is C16H25NO2S. The zero-order valence-corrected chi connectivity index (χ0v) is 13.5. The van der Waals surface area contributed by atoms with Gasteiger partial charge in [0.2, 0.25) is 0 Å². The zero-order valence-electron chi connectivity index (χ0n) is 12.7. The second-order valence-electron chi connectivity index (χ2n) is 4.73. The van der Waals surface area contributed by atoms with Crippen molar-refractivity contribution in [2.75, 3.05) is 25.4 Å². The van der Waals surface area contributed by atoms with Crippen LogP contribution in [0.15, 0.2) is 24.3 Å². The lowest BCUT2D eigenvalue weighted by Gasteiger charge is -2.16. The predicted octanol–water partition coefficient (Wildman–Crippen LogP) is 3.46. The van der Waals surface area contributed by atoms with Gasteiger partial charge in [0.05, 0.1) is 18.5 Å². The van der Waals surface area contributed by atoms with Gasteiger partial charge in [-0.1, -0.05) is 38.1 Å². The molecule has 4 heteroatoms. The van der Waals surface area contributed by atoms with E-state index in [1.807, 2.05) is 12.1 Å². The van der Waals surface area contributed by atoms with E-state index < -0.39 is 0 Å². The van der Waals surface area contributed by atoms with E-state index in [0.717, 1.165) is 31.8 Å². The fourth-order valence-electron chi connectivity index (χ4n) is 1.98. The van der Waals surface area contributed by atoms with Gasteiger partial charge < -0.3 is 9.08 Å². The first-order chi connectivity index (χ1) is 9.67. The van der Waals surface area contributed by atoms with Gasteiger partial charge >= 0.3 is 5.97 Å². The topological polar surface area (TPSA) is 29.5 Å². The minimum Gasteiger partial charge on any atom is -0.391 e. The van der Waals surface area contributed by atoms with E-state index in [9.17, 15) is 4.79 Å². The van der Waals surface area contributed by atoms with Crippen molar-refractivity contribution < 1.29 is 8.98 Å². The summed E-state index contributed by atoms with van der Waals surface area (Å²) in [4.78, 5) is 14.0. The average molecular weight is 295 g/mol. The molecule has 0 aliphatic rings. The molecule has 1 rings (SSSR count). The molecule has 0 heterocycles. The smallest absolute Gasteiger partial charge is 0.318 e. The fraction of sp³-hybridized carbons (Fsp3) is 0.562. The maximum absolute atomic E-state index is 11.7. The summed E-state index contributed by atoms with van der Waals surface area (Å²) in [5, 5.41) is 0. The van der Waals surface area contributed by atoms with Crippen LogP contribution in [0.2, 0.25) is 0 Å². The summed E-state index contributed by atoms with van der Waals surface area (Å²) in [5.41, 5.74) is 2.45. The van der Waals surface area contributed by atoms with Crippen molar-refractivity contribution in [2.24, 2.45) is 0 Å². The van der Waals surface area contributed by atoms with Gasteiger partial charge in [-0.25, -0.2) is 0 Å². The molecule has 0 aromatic heterocycles. The molecule has 3 nitrogen and oxygen atoms in total. The lowest BCUT2D eigenvalue weighted by atomic mass is 10.0. The average Bonchev–Trinajstić information content (AvgIpc) is 2.46. The lowest BCUT2D eigenvalue weighted by molar-refractivity contribution is -0.133. The fourth-order valence-corrected chi connectivity index (χ4v) is 2.61. The monoisotopic (exact) mass is 295 g/mol. The molecule has 0 fully saturated rings. The number of hydrogen-bond donors (Lipinski definition) is 0. The Bertz CT molecular complexity index is 405. The Morgan fingerprint density at radius 2 is 1.95 bits per heavy atom. The minimum absolute atomic E-state index is 0.127. The van der Waals surface area contributed by atoms with E-state index in [-0.39, 0.29) is 5.97 Å². The van der Waals surface area contributed by atoms with Gasteiger partial charge in [0, 0.05) is 12.3 Å². The van der Waals surface area contributed by atoms with Crippen molar-refractivity contribution in [3.63, 3.8) is 0 Å². The molecule has 0 aliphatic carbocycles. The van der Waals surface area contributed by atoms with E-state index in [1.165, 1.54) is 23.2 Å². The summed E-state index contributed by atoms with van der Waals surface area (Å²) in [7, 11) is 0. The zero-order chi connectivity index (χ0) is 14.8. The van der Waals surface area contributed by atoms with E-state index in [0.29, 0.717) is 6.42 Å². The van der Waals surface area contributed by atoms with Crippen molar-refractivity contribution in [2.45, 2.75) is 33.6 Å². The Balaban J connectivity index is 2.16. The molecule has 0 amide bonds. The van der Waals surface area contributed by atoms with Gasteiger partial charge in [-0.3, -0.25) is 4.79 Å². The molecule has 0 N–H and O–H groups in total. The van der Waals surface area contributed by atoms with Gasteiger partial charge in [-0.2, -0.15) is 0 Å². The first-order valence-electron chi connectivity index (χ1n) is 7.26. The second kappa shape index (κ2) is 9.83. The summed E-state index contributed by atoms with van der Waals surface area (Å²) in [6.07, 6.45) is 1.20. The second-order valence-corrected chi connectivity index (χ2v) is 5.54. The Labute approximate surface area is 126 Å². The number of nitrogens with zero attached hydrogens (tertiary/aromatic N) is 1. The van der Waals surface area contributed by atoms with Crippen LogP contribution in [-0.4, -0.2) is 36.3 Å². The Morgan fingerprint density at radius 1 is 1.25 bits per heavy atom. The summed E-state index contributed by atoms with van der Waals surface area (Å²) in [6.45, 7) is 9.39. The van der Waals surface area contributed by atoms with Crippen molar-refractivity contribution in [3.05, 3.63) is 35.4 Å². The van der Waals surface area contributed by atoms with Crippen LogP contribution in [0.25, 0.3) is 0 Å². The molecule has 20 heavy (non-hydrogen) atoms. The molecule has 0 bridgehead atoms. The van der Waals surface area contributed by atoms with Crippen LogP contribution < -0.4 is 0 Å². The van der Waals surface area contributed by atoms with Crippen LogP contribution in [0, 0.1) is 6.92 Å². The molecule has 0 radical (unpaired) electrons. The molecule has 0 unspecified atom stereocenters. The summed E-state index contributed by atoms with van der Waals surface area (Å²) < 4.78 is 5.19. The number of carbonyl (C=O) groups excluding carboxylic acids is 1. The SMILES string of the molecule is CCN(CC)CCSOC(=O)CCc1ccccc1C. The summed E-state index contributed by atoms with van der Waals surface area (Å²) >= 11 is 1.27. The number of rotatable bonds is 9. The standard InChI is InChI=1S/C16H25NO2S/c1-4-17(5-2)12-13-20-19-16(18)11-10-15-9-7-6-8-14(15)3/h6-9H,4-5,10-13H2,1-3H3. The van der Waals surface area contributed by atoms with Gasteiger partial charge in [-0.05, 0) is 37.6 Å². The molecule has 112 valence electrons. The lowest BCUT2D eigenvalue weighted by Crippen LogP contribution is -2.25. The van der Waals surface area contributed by atoms with Crippen molar-refractivity contribution in [1.29, 1.82) is 0 Å². The molecule has 1 aromatic carbocycles. The van der Waals surface area contributed by atoms with Gasteiger partial charge in [0.1, 0.15) is 0 Å². The van der Waals surface area contributed by atoms with Crippen molar-refractivity contribution in [1.82, 2.24) is 4.90 Å².